The summed E-state index contributed by atoms with van der Waals surface area (Å²) in [7, 11) is 2.04. The highest BCUT2D eigenvalue weighted by Gasteiger charge is 2.26. The Labute approximate surface area is 198 Å². The van der Waals surface area contributed by atoms with Crippen LogP contribution >= 0.6 is 0 Å². The summed E-state index contributed by atoms with van der Waals surface area (Å²) in [6.45, 7) is 4.32. The molecule has 1 aliphatic heterocycles. The zero-order valence-corrected chi connectivity index (χ0v) is 20.2. The molecule has 4 rings (SSSR count). The number of unbranched alkanes of at least 4 members (excludes halogenated alkanes) is 1. The van der Waals surface area contributed by atoms with Crippen LogP contribution in [0.3, 0.4) is 0 Å². The average Bonchev–Trinajstić information content (AvgIpc) is 2.84. The normalized spacial score (nSPS) is 22.3. The van der Waals surface area contributed by atoms with Crippen LogP contribution in [-0.2, 0) is 6.42 Å². The van der Waals surface area contributed by atoms with E-state index in [1.165, 1.54) is 19.3 Å². The van der Waals surface area contributed by atoms with Crippen LogP contribution in [0.1, 0.15) is 64.0 Å². The monoisotopic (exact) mass is 453 g/mol. The molecular formula is C27H39N3O3. The Bertz CT molecular complexity index is 867. The molecule has 2 heterocycles. The van der Waals surface area contributed by atoms with E-state index in [0.29, 0.717) is 25.1 Å². The summed E-state index contributed by atoms with van der Waals surface area (Å²) in [6, 6.07) is 10.4. The first kappa shape index (κ1) is 24.0. The minimum Gasteiger partial charge on any atom is -0.490 e. The van der Waals surface area contributed by atoms with E-state index in [0.717, 1.165) is 67.6 Å². The van der Waals surface area contributed by atoms with Crippen LogP contribution in [0, 0.1) is 5.92 Å². The molecule has 1 aromatic heterocycles. The van der Waals surface area contributed by atoms with Gasteiger partial charge in [-0.05, 0) is 76.2 Å². The molecule has 1 aliphatic carbocycles. The van der Waals surface area contributed by atoms with E-state index >= 15 is 0 Å². The van der Waals surface area contributed by atoms with Crippen LogP contribution in [0.2, 0.25) is 0 Å². The first-order valence-electron chi connectivity index (χ1n) is 12.8. The summed E-state index contributed by atoms with van der Waals surface area (Å²) in [4.78, 5) is 2.16. The van der Waals surface area contributed by atoms with Gasteiger partial charge in [0.05, 0.1) is 24.5 Å². The van der Waals surface area contributed by atoms with Gasteiger partial charge in [0, 0.05) is 24.1 Å². The lowest BCUT2D eigenvalue weighted by molar-refractivity contribution is 0.0107. The Hall–Kier alpha value is -2.18. The fraction of sp³-hybridized carbons (Fsp3) is 0.630. The topological polar surface area (TPSA) is 67.7 Å². The molecule has 6 heteroatoms. The minimum absolute atomic E-state index is 0.127. The number of piperidine rings is 1. The van der Waals surface area contributed by atoms with E-state index in [1.54, 1.807) is 0 Å². The van der Waals surface area contributed by atoms with Gasteiger partial charge in [0.25, 0.3) is 0 Å². The molecule has 2 aliphatic rings. The van der Waals surface area contributed by atoms with E-state index < -0.39 is 0 Å². The maximum absolute atomic E-state index is 10.4. The van der Waals surface area contributed by atoms with Crippen LogP contribution in [0.5, 0.6) is 11.6 Å². The first-order chi connectivity index (χ1) is 16.1. The second kappa shape index (κ2) is 11.8. The molecule has 1 saturated carbocycles. The molecule has 2 aromatic rings. The van der Waals surface area contributed by atoms with Crippen LogP contribution in [0.4, 0.5) is 0 Å². The number of rotatable bonds is 9. The van der Waals surface area contributed by atoms with E-state index in [9.17, 15) is 5.11 Å². The molecule has 0 bridgehead atoms. The molecular weight excluding hydrogens is 414 g/mol. The number of hydrogen-bond acceptors (Lipinski definition) is 6. The van der Waals surface area contributed by atoms with Gasteiger partial charge in [0.15, 0.2) is 0 Å². The average molecular weight is 454 g/mol. The zero-order chi connectivity index (χ0) is 23.0. The van der Waals surface area contributed by atoms with Crippen LogP contribution in [0.25, 0.3) is 11.1 Å². The summed E-state index contributed by atoms with van der Waals surface area (Å²) >= 11 is 0. The zero-order valence-electron chi connectivity index (χ0n) is 20.2. The van der Waals surface area contributed by atoms with Gasteiger partial charge in [0.1, 0.15) is 5.75 Å². The summed E-state index contributed by atoms with van der Waals surface area (Å²) in [5.74, 6) is 1.59. The van der Waals surface area contributed by atoms with E-state index in [4.69, 9.17) is 9.47 Å². The van der Waals surface area contributed by atoms with Crippen molar-refractivity contribution in [3.63, 3.8) is 0 Å². The molecule has 0 amide bonds. The Morgan fingerprint density at radius 1 is 1.06 bits per heavy atom. The van der Waals surface area contributed by atoms with Gasteiger partial charge in [-0.2, -0.15) is 5.10 Å². The Morgan fingerprint density at radius 2 is 1.85 bits per heavy atom. The summed E-state index contributed by atoms with van der Waals surface area (Å²) < 4.78 is 12.2. The summed E-state index contributed by atoms with van der Waals surface area (Å²) in [5.41, 5.74) is 3.18. The molecule has 2 unspecified atom stereocenters. The number of aliphatic hydroxyl groups is 1. The lowest BCUT2D eigenvalue weighted by Gasteiger charge is -2.33. The number of hydrogen-bond donors (Lipinski definition) is 1. The van der Waals surface area contributed by atoms with Crippen molar-refractivity contribution in [3.8, 4) is 22.8 Å². The van der Waals surface area contributed by atoms with Gasteiger partial charge in [-0.1, -0.05) is 31.9 Å². The summed E-state index contributed by atoms with van der Waals surface area (Å²) in [6.07, 6.45) is 10.2. The Morgan fingerprint density at radius 3 is 2.58 bits per heavy atom. The van der Waals surface area contributed by atoms with Crippen molar-refractivity contribution >= 4 is 0 Å². The third-order valence-electron chi connectivity index (χ3n) is 7.01. The standard InChI is InChI=1S/C27H39N3O3/c1-3-4-10-25-24(20-11-13-23(14-12-20)33-22-8-6-5-7-9-22)17-27(29-28-25)32-19-21-15-16-30(2)18-26(21)31/h11-14,17,21-22,26,31H,3-10,15-16,18-19H2,1-2H3. The molecule has 2 fully saturated rings. The maximum Gasteiger partial charge on any atom is 0.234 e. The summed E-state index contributed by atoms with van der Waals surface area (Å²) in [5, 5.41) is 19.2. The fourth-order valence-corrected chi connectivity index (χ4v) is 4.86. The number of likely N-dealkylation sites (tertiary alicyclic amines) is 1. The highest BCUT2D eigenvalue weighted by molar-refractivity contribution is 5.67. The van der Waals surface area contributed by atoms with Crippen molar-refractivity contribution in [2.45, 2.75) is 76.9 Å². The van der Waals surface area contributed by atoms with Gasteiger partial charge < -0.3 is 19.5 Å². The van der Waals surface area contributed by atoms with Crippen molar-refractivity contribution < 1.29 is 14.6 Å². The molecule has 180 valence electrons. The van der Waals surface area contributed by atoms with Crippen molar-refractivity contribution in [1.82, 2.24) is 15.1 Å². The number of aromatic nitrogens is 2. The van der Waals surface area contributed by atoms with Crippen LogP contribution in [0.15, 0.2) is 30.3 Å². The molecule has 1 aromatic carbocycles. The van der Waals surface area contributed by atoms with Gasteiger partial charge in [0.2, 0.25) is 5.88 Å². The highest BCUT2D eigenvalue weighted by atomic mass is 16.5. The van der Waals surface area contributed by atoms with E-state index in [-0.39, 0.29) is 12.0 Å². The van der Waals surface area contributed by atoms with Crippen molar-refractivity contribution in [1.29, 1.82) is 0 Å². The number of benzene rings is 1. The van der Waals surface area contributed by atoms with E-state index in [1.807, 2.05) is 13.1 Å². The SMILES string of the molecule is CCCCc1nnc(OCC2CCN(C)CC2O)cc1-c1ccc(OC2CCCCC2)cc1. The number of ether oxygens (including phenoxy) is 2. The molecule has 1 saturated heterocycles. The minimum atomic E-state index is -0.364. The fourth-order valence-electron chi connectivity index (χ4n) is 4.86. The molecule has 0 radical (unpaired) electrons. The molecule has 1 N–H and O–H groups in total. The quantitative estimate of drug-likeness (QED) is 0.583. The van der Waals surface area contributed by atoms with Gasteiger partial charge >= 0.3 is 0 Å². The van der Waals surface area contributed by atoms with Crippen molar-refractivity contribution in [2.24, 2.45) is 5.92 Å². The second-order valence-electron chi connectivity index (χ2n) is 9.74. The number of aryl methyl sites for hydroxylation is 1. The lowest BCUT2D eigenvalue weighted by Crippen LogP contribution is -2.43. The van der Waals surface area contributed by atoms with Crippen molar-refractivity contribution in [2.75, 3.05) is 26.7 Å². The largest absolute Gasteiger partial charge is 0.490 e. The third-order valence-corrected chi connectivity index (χ3v) is 7.01. The number of likely N-dealkylation sites (N-methyl/N-ethyl adjacent to an activating group) is 1. The molecule has 2 atom stereocenters. The Balaban J connectivity index is 1.46. The number of aliphatic hydroxyl groups excluding tert-OH is 1. The lowest BCUT2D eigenvalue weighted by atomic mass is 9.95. The predicted octanol–water partition coefficient (Wildman–Crippen LogP) is 4.89. The molecule has 0 spiro atoms. The third kappa shape index (κ3) is 6.67. The number of β-amino-alcohol motifs (C(OH)–C–C–N with tert-alkyl or cyclic N) is 1. The second-order valence-corrected chi connectivity index (χ2v) is 9.74. The van der Waals surface area contributed by atoms with Gasteiger partial charge in [-0.15, -0.1) is 5.10 Å². The highest BCUT2D eigenvalue weighted by Crippen LogP contribution is 2.30. The smallest absolute Gasteiger partial charge is 0.234 e. The van der Waals surface area contributed by atoms with Gasteiger partial charge in [-0.3, -0.25) is 0 Å². The van der Waals surface area contributed by atoms with E-state index in [2.05, 4.69) is 46.3 Å². The van der Waals surface area contributed by atoms with Crippen LogP contribution < -0.4 is 9.47 Å². The van der Waals surface area contributed by atoms with Crippen molar-refractivity contribution in [3.05, 3.63) is 36.0 Å². The van der Waals surface area contributed by atoms with Gasteiger partial charge in [-0.25, -0.2) is 0 Å². The molecule has 6 nitrogen and oxygen atoms in total. The van der Waals surface area contributed by atoms with Crippen LogP contribution in [-0.4, -0.2) is 59.2 Å². The number of nitrogens with zero attached hydrogens (tertiary/aromatic N) is 3. The maximum atomic E-state index is 10.4. The first-order valence-corrected chi connectivity index (χ1v) is 12.8. The predicted molar refractivity (Wildman–Crippen MR) is 131 cm³/mol. The molecule has 33 heavy (non-hydrogen) atoms. The Kier molecular flexibility index (Phi) is 8.57.